The summed E-state index contributed by atoms with van der Waals surface area (Å²) >= 11 is 1.65. The van der Waals surface area contributed by atoms with Crippen LogP contribution in [0.25, 0.3) is 20.8 Å². The maximum atomic E-state index is 5.97. The number of nitrogens with two attached hydrogens (primary N) is 1. The molecule has 0 aliphatic rings. The van der Waals surface area contributed by atoms with E-state index < -0.39 is 0 Å². The molecule has 0 saturated carbocycles. The third-order valence-electron chi connectivity index (χ3n) is 2.91. The van der Waals surface area contributed by atoms with E-state index in [9.17, 15) is 0 Å². The Kier molecular flexibility index (Phi) is 3.61. The van der Waals surface area contributed by atoms with Gasteiger partial charge in [0, 0.05) is 23.5 Å². The molecule has 5 heteroatoms. The predicted octanol–water partition coefficient (Wildman–Crippen LogP) is 3.47. The zero-order chi connectivity index (χ0) is 14.9. The molecule has 108 valence electrons. The van der Waals surface area contributed by atoms with Crippen LogP contribution in [0, 0.1) is 0 Å². The normalized spacial score (nSPS) is 11.8. The van der Waals surface area contributed by atoms with E-state index in [1.807, 2.05) is 38.1 Å². The van der Waals surface area contributed by atoms with Crippen molar-refractivity contribution in [2.75, 3.05) is 6.61 Å². The standard InChI is InChI=1S/C16H17N3OS/c1-16(2,17)10-20-12-4-3-5-13-14(12)19-15(21-13)11-6-8-18-9-7-11/h3-9H,10,17H2,1-2H3. The molecule has 3 rings (SSSR count). The fourth-order valence-corrected chi connectivity index (χ4v) is 2.91. The topological polar surface area (TPSA) is 61.0 Å². The van der Waals surface area contributed by atoms with E-state index in [2.05, 4.69) is 11.1 Å². The van der Waals surface area contributed by atoms with E-state index in [1.54, 1.807) is 23.7 Å². The molecule has 0 fully saturated rings. The summed E-state index contributed by atoms with van der Waals surface area (Å²) in [5.74, 6) is 0.780. The van der Waals surface area contributed by atoms with Gasteiger partial charge in [0.2, 0.25) is 0 Å². The van der Waals surface area contributed by atoms with E-state index in [-0.39, 0.29) is 5.54 Å². The van der Waals surface area contributed by atoms with Crippen LogP contribution >= 0.6 is 11.3 Å². The SMILES string of the molecule is CC(C)(N)COc1cccc2sc(-c3ccncc3)nc12. The minimum atomic E-state index is -0.369. The van der Waals surface area contributed by atoms with E-state index in [4.69, 9.17) is 15.5 Å². The lowest BCUT2D eigenvalue weighted by Gasteiger charge is -2.19. The molecule has 0 saturated heterocycles. The minimum Gasteiger partial charge on any atom is -0.489 e. The van der Waals surface area contributed by atoms with Gasteiger partial charge in [-0.05, 0) is 38.1 Å². The highest BCUT2D eigenvalue weighted by molar-refractivity contribution is 7.21. The summed E-state index contributed by atoms with van der Waals surface area (Å²) in [6.07, 6.45) is 3.55. The average Bonchev–Trinajstić information content (AvgIpc) is 2.89. The Balaban J connectivity index is 1.98. The van der Waals surface area contributed by atoms with Crippen molar-refractivity contribution in [3.63, 3.8) is 0 Å². The highest BCUT2D eigenvalue weighted by Gasteiger charge is 2.15. The van der Waals surface area contributed by atoms with Crippen LogP contribution in [0.5, 0.6) is 5.75 Å². The third kappa shape index (κ3) is 3.20. The molecule has 21 heavy (non-hydrogen) atoms. The van der Waals surface area contributed by atoms with Gasteiger partial charge in [-0.25, -0.2) is 4.98 Å². The second-order valence-corrected chi connectivity index (χ2v) is 6.67. The first-order chi connectivity index (χ1) is 10.0. The Labute approximate surface area is 127 Å². The lowest BCUT2D eigenvalue weighted by Crippen LogP contribution is -2.38. The summed E-state index contributed by atoms with van der Waals surface area (Å²) in [7, 11) is 0. The highest BCUT2D eigenvalue weighted by atomic mass is 32.1. The highest BCUT2D eigenvalue weighted by Crippen LogP contribution is 2.34. The van der Waals surface area contributed by atoms with Crippen molar-refractivity contribution in [3.05, 3.63) is 42.7 Å². The average molecular weight is 299 g/mol. The number of benzene rings is 1. The van der Waals surface area contributed by atoms with Gasteiger partial charge in [0.1, 0.15) is 22.9 Å². The summed E-state index contributed by atoms with van der Waals surface area (Å²) < 4.78 is 6.95. The quantitative estimate of drug-likeness (QED) is 0.801. The number of aromatic nitrogens is 2. The first-order valence-electron chi connectivity index (χ1n) is 6.74. The molecule has 2 heterocycles. The van der Waals surface area contributed by atoms with Gasteiger partial charge in [-0.1, -0.05) is 6.07 Å². The molecular weight excluding hydrogens is 282 g/mol. The van der Waals surface area contributed by atoms with E-state index in [0.717, 1.165) is 26.5 Å². The van der Waals surface area contributed by atoms with Gasteiger partial charge in [0.05, 0.1) is 4.70 Å². The number of thiazole rings is 1. The minimum absolute atomic E-state index is 0.369. The van der Waals surface area contributed by atoms with Crippen LogP contribution in [-0.4, -0.2) is 22.1 Å². The van der Waals surface area contributed by atoms with Crippen molar-refractivity contribution < 1.29 is 4.74 Å². The van der Waals surface area contributed by atoms with Gasteiger partial charge >= 0.3 is 0 Å². The van der Waals surface area contributed by atoms with E-state index in [1.165, 1.54) is 0 Å². The molecule has 0 bridgehead atoms. The summed E-state index contributed by atoms with van der Waals surface area (Å²) in [4.78, 5) is 8.75. The number of para-hydroxylation sites is 1. The van der Waals surface area contributed by atoms with Gasteiger partial charge in [-0.2, -0.15) is 0 Å². The Hall–Kier alpha value is -1.98. The Morgan fingerprint density at radius 3 is 2.67 bits per heavy atom. The van der Waals surface area contributed by atoms with Crippen LogP contribution in [0.15, 0.2) is 42.7 Å². The molecule has 0 amide bonds. The maximum Gasteiger partial charge on any atom is 0.146 e. The predicted molar refractivity (Wildman–Crippen MR) is 86.6 cm³/mol. The Morgan fingerprint density at radius 2 is 1.95 bits per heavy atom. The summed E-state index contributed by atoms with van der Waals surface area (Å²) in [5, 5.41) is 0.968. The molecule has 2 N–H and O–H groups in total. The zero-order valence-corrected chi connectivity index (χ0v) is 12.9. The van der Waals surface area contributed by atoms with Crippen LogP contribution < -0.4 is 10.5 Å². The van der Waals surface area contributed by atoms with Crippen molar-refractivity contribution >= 4 is 21.6 Å². The number of rotatable bonds is 4. The second-order valence-electron chi connectivity index (χ2n) is 5.64. The second kappa shape index (κ2) is 5.42. The Morgan fingerprint density at radius 1 is 1.19 bits per heavy atom. The van der Waals surface area contributed by atoms with Crippen LogP contribution in [0.4, 0.5) is 0 Å². The van der Waals surface area contributed by atoms with Crippen molar-refractivity contribution in [1.29, 1.82) is 0 Å². The van der Waals surface area contributed by atoms with Crippen LogP contribution in [0.1, 0.15) is 13.8 Å². The summed E-state index contributed by atoms with van der Waals surface area (Å²) in [6.45, 7) is 4.33. The van der Waals surface area contributed by atoms with Crippen LogP contribution in [0.2, 0.25) is 0 Å². The van der Waals surface area contributed by atoms with Gasteiger partial charge in [0.15, 0.2) is 0 Å². The first kappa shape index (κ1) is 14.0. The van der Waals surface area contributed by atoms with Gasteiger partial charge in [0.25, 0.3) is 0 Å². The summed E-state index contributed by atoms with van der Waals surface area (Å²) in [5.41, 5.74) is 7.56. The monoisotopic (exact) mass is 299 g/mol. The largest absolute Gasteiger partial charge is 0.489 e. The molecule has 0 spiro atoms. The van der Waals surface area contributed by atoms with Crippen molar-refractivity contribution in [3.8, 4) is 16.3 Å². The smallest absolute Gasteiger partial charge is 0.146 e. The lowest BCUT2D eigenvalue weighted by molar-refractivity contribution is 0.245. The van der Waals surface area contributed by atoms with E-state index in [0.29, 0.717) is 6.61 Å². The third-order valence-corrected chi connectivity index (χ3v) is 3.98. The van der Waals surface area contributed by atoms with Crippen LogP contribution in [-0.2, 0) is 0 Å². The van der Waals surface area contributed by atoms with Gasteiger partial charge in [-0.3, -0.25) is 4.98 Å². The van der Waals surface area contributed by atoms with Crippen molar-refractivity contribution in [2.24, 2.45) is 5.73 Å². The number of pyridine rings is 1. The van der Waals surface area contributed by atoms with Crippen molar-refractivity contribution in [1.82, 2.24) is 9.97 Å². The number of hydrogen-bond donors (Lipinski definition) is 1. The Bertz CT molecular complexity index is 747. The number of fused-ring (bicyclic) bond motifs is 1. The molecule has 2 aromatic heterocycles. The molecule has 0 aliphatic carbocycles. The summed E-state index contributed by atoms with van der Waals surface area (Å²) in [6, 6.07) is 9.89. The molecule has 3 aromatic rings. The van der Waals surface area contributed by atoms with Gasteiger partial charge in [-0.15, -0.1) is 11.3 Å². The fraction of sp³-hybridized carbons (Fsp3) is 0.250. The molecule has 0 radical (unpaired) electrons. The number of hydrogen-bond acceptors (Lipinski definition) is 5. The molecule has 0 aliphatic heterocycles. The zero-order valence-electron chi connectivity index (χ0n) is 12.0. The molecule has 0 unspecified atom stereocenters. The molecular formula is C16H17N3OS. The number of nitrogens with zero attached hydrogens (tertiary/aromatic N) is 2. The first-order valence-corrected chi connectivity index (χ1v) is 7.56. The lowest BCUT2D eigenvalue weighted by atomic mass is 10.1. The van der Waals surface area contributed by atoms with Crippen molar-refractivity contribution in [2.45, 2.75) is 19.4 Å². The molecule has 4 nitrogen and oxygen atoms in total. The van der Waals surface area contributed by atoms with Gasteiger partial charge < -0.3 is 10.5 Å². The molecule has 0 atom stereocenters. The van der Waals surface area contributed by atoms with E-state index >= 15 is 0 Å². The number of ether oxygens (including phenoxy) is 1. The molecule has 1 aromatic carbocycles. The van der Waals surface area contributed by atoms with Crippen LogP contribution in [0.3, 0.4) is 0 Å². The fourth-order valence-electron chi connectivity index (χ4n) is 1.92. The maximum absolute atomic E-state index is 5.97.